The Morgan fingerprint density at radius 1 is 1.45 bits per heavy atom. The summed E-state index contributed by atoms with van der Waals surface area (Å²) in [4.78, 5) is 9.86. The topological polar surface area (TPSA) is 37.3 Å². The van der Waals surface area contributed by atoms with Gasteiger partial charge in [0.05, 0.1) is 0 Å². The van der Waals surface area contributed by atoms with Gasteiger partial charge >= 0.3 is 5.97 Å². The fourth-order valence-corrected chi connectivity index (χ4v) is 0.602. The molecule has 0 aromatic heterocycles. The maximum atomic E-state index is 9.86. The van der Waals surface area contributed by atoms with Crippen LogP contribution < -0.4 is 0 Å². The molecule has 0 aliphatic rings. The smallest absolute Gasteiger partial charge is 0.381 e. The Bertz CT molecular complexity index is 155. The molecule has 0 aromatic carbocycles. The van der Waals surface area contributed by atoms with Crippen LogP contribution in [0.4, 0.5) is 0 Å². The molecule has 0 aliphatic carbocycles. The zero-order chi connectivity index (χ0) is 7.82. The van der Waals surface area contributed by atoms with Crippen LogP contribution in [0.25, 0.3) is 0 Å². The van der Waals surface area contributed by atoms with E-state index in [4.69, 9.17) is 5.11 Å². The van der Waals surface area contributed by atoms with E-state index in [9.17, 15) is 4.79 Å². The SMILES string of the molecule is CCCCCC#CC(=O)O.[Zn]. The van der Waals surface area contributed by atoms with Gasteiger partial charge in [0.15, 0.2) is 0 Å². The van der Waals surface area contributed by atoms with Gasteiger partial charge in [-0.1, -0.05) is 25.7 Å². The Labute approximate surface area is 80.1 Å². The number of carbonyl (C=O) groups is 1. The quantitative estimate of drug-likeness (QED) is 0.432. The molecule has 0 fully saturated rings. The molecule has 0 radical (unpaired) electrons. The van der Waals surface area contributed by atoms with Crippen LogP contribution in [0.5, 0.6) is 0 Å². The molecule has 0 spiro atoms. The molecule has 0 bridgehead atoms. The van der Waals surface area contributed by atoms with E-state index in [0.717, 1.165) is 19.3 Å². The molecule has 0 aromatic rings. The molecule has 0 rings (SSSR count). The van der Waals surface area contributed by atoms with Gasteiger partial charge in [0.1, 0.15) is 0 Å². The Kier molecular flexibility index (Phi) is 11.6. The van der Waals surface area contributed by atoms with E-state index in [1.54, 1.807) is 0 Å². The summed E-state index contributed by atoms with van der Waals surface area (Å²) in [6, 6.07) is 0. The first-order chi connectivity index (χ1) is 4.77. The Morgan fingerprint density at radius 3 is 2.55 bits per heavy atom. The Balaban J connectivity index is 0. The van der Waals surface area contributed by atoms with Crippen LogP contribution in [0, 0.1) is 11.8 Å². The van der Waals surface area contributed by atoms with Crippen LogP contribution in [0.1, 0.15) is 32.6 Å². The van der Waals surface area contributed by atoms with Crippen LogP contribution in [-0.4, -0.2) is 11.1 Å². The van der Waals surface area contributed by atoms with Gasteiger partial charge in [-0.2, -0.15) is 0 Å². The van der Waals surface area contributed by atoms with Crippen molar-refractivity contribution in [2.75, 3.05) is 0 Å². The van der Waals surface area contributed by atoms with E-state index in [-0.39, 0.29) is 19.5 Å². The van der Waals surface area contributed by atoms with Crippen LogP contribution in [0.3, 0.4) is 0 Å². The summed E-state index contributed by atoms with van der Waals surface area (Å²) in [6.45, 7) is 2.10. The number of carboxylic acids is 1. The van der Waals surface area contributed by atoms with Crippen molar-refractivity contribution in [3.63, 3.8) is 0 Å². The van der Waals surface area contributed by atoms with Crippen molar-refractivity contribution in [3.05, 3.63) is 0 Å². The van der Waals surface area contributed by atoms with Crippen molar-refractivity contribution in [1.29, 1.82) is 0 Å². The van der Waals surface area contributed by atoms with Gasteiger partial charge in [0.2, 0.25) is 0 Å². The standard InChI is InChI=1S/C8H12O2.Zn/c1-2-3-4-5-6-7-8(9)10;/h2-5H2,1H3,(H,9,10);. The first-order valence-electron chi connectivity index (χ1n) is 3.49. The Morgan fingerprint density at radius 2 is 2.09 bits per heavy atom. The first-order valence-corrected chi connectivity index (χ1v) is 3.49. The summed E-state index contributed by atoms with van der Waals surface area (Å²) in [5, 5.41) is 8.10. The first kappa shape index (κ1) is 13.3. The van der Waals surface area contributed by atoms with E-state index >= 15 is 0 Å². The number of unbranched alkanes of at least 4 members (excludes halogenated alkanes) is 3. The average molecular weight is 206 g/mol. The van der Waals surface area contributed by atoms with Crippen molar-refractivity contribution < 1.29 is 29.4 Å². The van der Waals surface area contributed by atoms with Crippen molar-refractivity contribution in [2.45, 2.75) is 32.6 Å². The van der Waals surface area contributed by atoms with Gasteiger partial charge < -0.3 is 5.11 Å². The summed E-state index contributed by atoms with van der Waals surface area (Å²) in [5.74, 6) is 3.61. The summed E-state index contributed by atoms with van der Waals surface area (Å²) in [5.41, 5.74) is 0. The molecule has 1 N–H and O–H groups in total. The molecule has 0 unspecified atom stereocenters. The molecule has 2 nitrogen and oxygen atoms in total. The molecule has 3 heteroatoms. The maximum Gasteiger partial charge on any atom is 0.381 e. The van der Waals surface area contributed by atoms with Gasteiger partial charge in [-0.15, -0.1) is 0 Å². The van der Waals surface area contributed by atoms with Crippen LogP contribution in [-0.2, 0) is 24.3 Å². The van der Waals surface area contributed by atoms with E-state index in [0.29, 0.717) is 6.42 Å². The zero-order valence-corrected chi connectivity index (χ0v) is 9.86. The van der Waals surface area contributed by atoms with Crippen molar-refractivity contribution in [3.8, 4) is 11.8 Å². The molecule has 0 amide bonds. The van der Waals surface area contributed by atoms with Crippen LogP contribution in [0.15, 0.2) is 0 Å². The minimum atomic E-state index is -1.03. The number of aliphatic carboxylic acids is 1. The normalized spacial score (nSPS) is 7.36. The van der Waals surface area contributed by atoms with Gasteiger partial charge in [0.25, 0.3) is 0 Å². The predicted molar refractivity (Wildman–Crippen MR) is 39.6 cm³/mol. The fraction of sp³-hybridized carbons (Fsp3) is 0.625. The second-order valence-corrected chi connectivity index (χ2v) is 2.06. The van der Waals surface area contributed by atoms with Gasteiger partial charge in [-0.05, 0) is 6.42 Å². The fourth-order valence-electron chi connectivity index (χ4n) is 0.602. The average Bonchev–Trinajstić information content (AvgIpc) is 1.87. The van der Waals surface area contributed by atoms with Gasteiger partial charge in [-0.3, -0.25) is 0 Å². The minimum absolute atomic E-state index is 0. The molecule has 0 saturated heterocycles. The summed E-state index contributed by atoms with van der Waals surface area (Å²) in [7, 11) is 0. The Hall–Kier alpha value is -0.347. The number of rotatable bonds is 3. The minimum Gasteiger partial charge on any atom is -0.472 e. The van der Waals surface area contributed by atoms with E-state index in [2.05, 4.69) is 18.8 Å². The second-order valence-electron chi connectivity index (χ2n) is 2.06. The predicted octanol–water partition coefficient (Wildman–Crippen LogP) is 1.65. The molecule has 0 saturated carbocycles. The molecule has 11 heavy (non-hydrogen) atoms. The van der Waals surface area contributed by atoms with Gasteiger partial charge in [0, 0.05) is 31.8 Å². The number of carboxylic acid groups (broad SMARTS) is 1. The molecule has 0 heterocycles. The third-order valence-corrected chi connectivity index (χ3v) is 1.10. The van der Waals surface area contributed by atoms with Crippen LogP contribution in [0.2, 0.25) is 0 Å². The molecule has 0 atom stereocenters. The van der Waals surface area contributed by atoms with Crippen molar-refractivity contribution >= 4 is 5.97 Å². The monoisotopic (exact) mass is 204 g/mol. The largest absolute Gasteiger partial charge is 0.472 e. The van der Waals surface area contributed by atoms with E-state index < -0.39 is 5.97 Å². The van der Waals surface area contributed by atoms with Crippen molar-refractivity contribution in [1.82, 2.24) is 0 Å². The second kappa shape index (κ2) is 9.65. The van der Waals surface area contributed by atoms with E-state index in [1.165, 1.54) is 0 Å². The summed E-state index contributed by atoms with van der Waals surface area (Å²) >= 11 is 0. The third kappa shape index (κ3) is 12.8. The number of hydrogen-bond acceptors (Lipinski definition) is 1. The zero-order valence-electron chi connectivity index (χ0n) is 6.89. The molecular weight excluding hydrogens is 193 g/mol. The molecular formula is C8H12O2Zn. The van der Waals surface area contributed by atoms with Crippen molar-refractivity contribution in [2.24, 2.45) is 0 Å². The number of hydrogen-bond donors (Lipinski definition) is 1. The summed E-state index contributed by atoms with van der Waals surface area (Å²) in [6.07, 6.45) is 4.00. The van der Waals surface area contributed by atoms with Crippen LogP contribution >= 0.6 is 0 Å². The molecule has 0 aliphatic heterocycles. The maximum absolute atomic E-state index is 9.86. The van der Waals surface area contributed by atoms with Gasteiger partial charge in [-0.25, -0.2) is 4.79 Å². The summed E-state index contributed by atoms with van der Waals surface area (Å²) < 4.78 is 0. The molecule has 58 valence electrons. The van der Waals surface area contributed by atoms with E-state index in [1.807, 2.05) is 0 Å². The third-order valence-electron chi connectivity index (χ3n) is 1.10.